The molecule has 0 aromatic heterocycles. The highest BCUT2D eigenvalue weighted by molar-refractivity contribution is 6.25. The summed E-state index contributed by atoms with van der Waals surface area (Å²) in [6.45, 7) is 1.73. The Kier molecular flexibility index (Phi) is 4.81. The van der Waals surface area contributed by atoms with Crippen LogP contribution < -0.4 is 11.5 Å². The van der Waals surface area contributed by atoms with E-state index in [1.807, 2.05) is 0 Å². The maximum absolute atomic E-state index is 13.3. The van der Waals surface area contributed by atoms with E-state index in [-0.39, 0.29) is 16.8 Å². The molecular formula is C22H25N3O7. The Labute approximate surface area is 183 Å². The van der Waals surface area contributed by atoms with Gasteiger partial charge in [0.2, 0.25) is 5.91 Å². The maximum Gasteiger partial charge on any atom is 0.235 e. The Morgan fingerprint density at radius 2 is 1.81 bits per heavy atom. The predicted molar refractivity (Wildman–Crippen MR) is 111 cm³/mol. The average molecular weight is 443 g/mol. The van der Waals surface area contributed by atoms with Gasteiger partial charge in [-0.25, -0.2) is 0 Å². The second kappa shape index (κ2) is 6.96. The van der Waals surface area contributed by atoms with Crippen molar-refractivity contribution >= 4 is 28.9 Å². The lowest BCUT2D eigenvalue weighted by Crippen LogP contribution is -2.71. The Morgan fingerprint density at radius 1 is 1.19 bits per heavy atom. The highest BCUT2D eigenvalue weighted by atomic mass is 16.3. The number of primary amides is 1. The summed E-state index contributed by atoms with van der Waals surface area (Å²) >= 11 is 0. The number of benzene rings is 1. The second-order valence-electron chi connectivity index (χ2n) is 9.06. The van der Waals surface area contributed by atoms with Crippen molar-refractivity contribution in [2.45, 2.75) is 30.6 Å². The monoisotopic (exact) mass is 443 g/mol. The Morgan fingerprint density at radius 3 is 2.38 bits per heavy atom. The zero-order valence-corrected chi connectivity index (χ0v) is 17.8. The molecule has 1 unspecified atom stereocenters. The molecule has 1 amide bonds. The third kappa shape index (κ3) is 2.63. The Bertz CT molecular complexity index is 1110. The standard InChI is InChI=1S/C22H25N3O7/c1-7-8-4-5-10(23)17(27)12(8)16(26)9-6-22(32)14(18(28)11(7)9)15(25(2)3)19(29)13(20(22)30)21(24)31/h4-7,11,13-15,18,27-28,32H,23H2,1-3H3,(H2,24,31)/t7-,11+,13?,14+,15-,18-,22+/m0/s1. The van der Waals surface area contributed by atoms with E-state index in [9.17, 15) is 34.5 Å². The van der Waals surface area contributed by atoms with Gasteiger partial charge < -0.3 is 26.8 Å². The molecule has 1 fully saturated rings. The number of ketones is 3. The van der Waals surface area contributed by atoms with Crippen LogP contribution in [0.25, 0.3) is 0 Å². The van der Waals surface area contributed by atoms with Crippen molar-refractivity contribution in [3.05, 3.63) is 34.9 Å². The fourth-order valence-corrected chi connectivity index (χ4v) is 5.67. The molecule has 3 aliphatic carbocycles. The molecule has 0 radical (unpaired) electrons. The van der Waals surface area contributed by atoms with E-state index in [1.54, 1.807) is 13.0 Å². The van der Waals surface area contributed by atoms with Crippen molar-refractivity contribution in [3.8, 4) is 5.75 Å². The molecule has 0 bridgehead atoms. The third-order valence-electron chi connectivity index (χ3n) is 7.15. The summed E-state index contributed by atoms with van der Waals surface area (Å²) in [5.74, 6) is -8.94. The van der Waals surface area contributed by atoms with Crippen molar-refractivity contribution in [1.29, 1.82) is 0 Å². The van der Waals surface area contributed by atoms with Crippen LogP contribution >= 0.6 is 0 Å². The van der Waals surface area contributed by atoms with E-state index in [2.05, 4.69) is 0 Å². The van der Waals surface area contributed by atoms with E-state index in [4.69, 9.17) is 11.5 Å². The van der Waals surface area contributed by atoms with Crippen LogP contribution in [-0.2, 0) is 14.4 Å². The molecule has 0 spiro atoms. The fourth-order valence-electron chi connectivity index (χ4n) is 5.67. The maximum atomic E-state index is 13.3. The number of rotatable bonds is 2. The molecular weight excluding hydrogens is 418 g/mol. The van der Waals surface area contributed by atoms with Gasteiger partial charge in [0.15, 0.2) is 23.3 Å². The summed E-state index contributed by atoms with van der Waals surface area (Å²) in [4.78, 5) is 52.9. The number of carbonyl (C=O) groups excluding carboxylic acids is 4. The van der Waals surface area contributed by atoms with E-state index in [0.717, 1.165) is 6.08 Å². The average Bonchev–Trinajstić information content (AvgIpc) is 2.69. The van der Waals surface area contributed by atoms with Gasteiger partial charge in [-0.3, -0.25) is 24.1 Å². The van der Waals surface area contributed by atoms with Crippen molar-refractivity contribution in [2.24, 2.45) is 23.5 Å². The molecule has 10 heteroatoms. The molecule has 10 nitrogen and oxygen atoms in total. The van der Waals surface area contributed by atoms with Crippen LogP contribution in [0.15, 0.2) is 23.8 Å². The van der Waals surface area contributed by atoms with Crippen LogP contribution in [0.2, 0.25) is 0 Å². The molecule has 170 valence electrons. The van der Waals surface area contributed by atoms with Crippen LogP contribution in [0.1, 0.15) is 28.8 Å². The number of nitrogen functional groups attached to an aromatic ring is 1. The summed E-state index contributed by atoms with van der Waals surface area (Å²) < 4.78 is 0. The number of fused-ring (bicyclic) bond motifs is 3. The quantitative estimate of drug-likeness (QED) is 0.211. The SMILES string of the molecule is C[C@H]1c2ccc(N)c(O)c2C(=O)C2=C[C@]3(O)C(=O)C(C(N)=O)C(=O)[C@@H](N(C)C)[C@@H]3[C@@H](O)[C@@H]21. The first-order valence-electron chi connectivity index (χ1n) is 10.2. The number of hydrogen-bond acceptors (Lipinski definition) is 9. The van der Waals surface area contributed by atoms with Crippen molar-refractivity contribution in [3.63, 3.8) is 0 Å². The molecule has 32 heavy (non-hydrogen) atoms. The predicted octanol–water partition coefficient (Wildman–Crippen LogP) is -1.28. The molecule has 0 aliphatic heterocycles. The Hall–Kier alpha value is -3.08. The van der Waals surface area contributed by atoms with Crippen LogP contribution in [0.5, 0.6) is 5.75 Å². The number of aliphatic hydroxyl groups is 2. The topological polar surface area (TPSA) is 184 Å². The zero-order valence-electron chi connectivity index (χ0n) is 17.8. The first kappa shape index (κ1) is 22.1. The summed E-state index contributed by atoms with van der Waals surface area (Å²) in [7, 11) is 3.04. The van der Waals surface area contributed by atoms with Gasteiger partial charge in [-0.2, -0.15) is 0 Å². The van der Waals surface area contributed by atoms with E-state index in [1.165, 1.54) is 25.1 Å². The lowest BCUT2D eigenvalue weighted by molar-refractivity contribution is -0.174. The number of nitrogens with zero attached hydrogens (tertiary/aromatic N) is 1. The minimum absolute atomic E-state index is 0.0166. The van der Waals surface area contributed by atoms with E-state index >= 15 is 0 Å². The highest BCUT2D eigenvalue weighted by Gasteiger charge is 2.66. The van der Waals surface area contributed by atoms with Gasteiger partial charge in [0.1, 0.15) is 11.4 Å². The smallest absolute Gasteiger partial charge is 0.235 e. The van der Waals surface area contributed by atoms with Gasteiger partial charge in [0.25, 0.3) is 0 Å². The van der Waals surface area contributed by atoms with Gasteiger partial charge in [-0.05, 0) is 37.7 Å². The third-order valence-corrected chi connectivity index (χ3v) is 7.15. The van der Waals surface area contributed by atoms with Crippen LogP contribution in [-0.4, -0.2) is 75.3 Å². The molecule has 1 aromatic carbocycles. The molecule has 4 rings (SSSR count). The van der Waals surface area contributed by atoms with Gasteiger partial charge in [-0.1, -0.05) is 13.0 Å². The van der Waals surface area contributed by atoms with Gasteiger partial charge >= 0.3 is 0 Å². The first-order chi connectivity index (χ1) is 14.8. The Balaban J connectivity index is 1.98. The zero-order chi connectivity index (χ0) is 23.9. The van der Waals surface area contributed by atoms with Gasteiger partial charge in [0, 0.05) is 17.4 Å². The van der Waals surface area contributed by atoms with Gasteiger partial charge in [0.05, 0.1) is 23.4 Å². The minimum Gasteiger partial charge on any atom is -0.505 e. The summed E-state index contributed by atoms with van der Waals surface area (Å²) in [5.41, 5.74) is 8.85. The summed E-state index contributed by atoms with van der Waals surface area (Å²) in [6, 6.07) is 1.83. The minimum atomic E-state index is -2.49. The molecule has 7 N–H and O–H groups in total. The lowest BCUT2D eigenvalue weighted by atomic mass is 9.54. The van der Waals surface area contributed by atoms with Crippen LogP contribution in [0.3, 0.4) is 0 Å². The number of phenols is 1. The number of aliphatic hydroxyl groups excluding tert-OH is 1. The van der Waals surface area contributed by atoms with E-state index in [0.29, 0.717) is 5.56 Å². The second-order valence-corrected chi connectivity index (χ2v) is 9.06. The largest absolute Gasteiger partial charge is 0.505 e. The fraction of sp³-hybridized carbons (Fsp3) is 0.455. The summed E-state index contributed by atoms with van der Waals surface area (Å²) in [5, 5.41) is 33.3. The van der Waals surface area contributed by atoms with Crippen molar-refractivity contribution in [2.75, 3.05) is 19.8 Å². The molecule has 1 aromatic rings. The number of nitrogens with two attached hydrogens (primary N) is 2. The number of hydrogen-bond donors (Lipinski definition) is 5. The number of Topliss-reactive ketones (excluding diaryl/α,β-unsaturated/α-hetero) is 3. The van der Waals surface area contributed by atoms with Gasteiger partial charge in [-0.15, -0.1) is 0 Å². The normalized spacial score (nSPS) is 36.3. The van der Waals surface area contributed by atoms with Crippen molar-refractivity contribution < 1.29 is 34.5 Å². The van der Waals surface area contributed by atoms with E-state index < -0.39 is 70.4 Å². The molecule has 7 atom stereocenters. The number of anilines is 1. The molecule has 0 saturated heterocycles. The van der Waals surface area contributed by atoms with Crippen LogP contribution in [0, 0.1) is 17.8 Å². The number of phenolic OH excluding ortho intramolecular Hbond substituents is 1. The highest BCUT2D eigenvalue weighted by Crippen LogP contribution is 2.53. The number of carbonyl (C=O) groups is 4. The molecule has 1 saturated carbocycles. The summed E-state index contributed by atoms with van der Waals surface area (Å²) in [6.07, 6.45) is -0.457. The lowest BCUT2D eigenvalue weighted by Gasteiger charge is -2.53. The number of aromatic hydroxyl groups is 1. The molecule has 0 heterocycles. The molecule has 3 aliphatic rings. The van der Waals surface area contributed by atoms with Crippen LogP contribution in [0.4, 0.5) is 5.69 Å². The first-order valence-corrected chi connectivity index (χ1v) is 10.2. The van der Waals surface area contributed by atoms with Crippen molar-refractivity contribution in [1.82, 2.24) is 4.90 Å². The number of amides is 1. The number of likely N-dealkylation sites (N-methyl/N-ethyl adjacent to an activating group) is 1.